The molecule has 0 aromatic rings. The number of nitrogens with zero attached hydrogens (tertiary/aromatic N) is 1. The lowest BCUT2D eigenvalue weighted by Gasteiger charge is -2.61. The fourth-order valence-corrected chi connectivity index (χ4v) is 9.75. The van der Waals surface area contributed by atoms with Crippen LogP contribution >= 0.6 is 0 Å². The summed E-state index contributed by atoms with van der Waals surface area (Å²) in [4.78, 5) is 4.27. The molecule has 0 heterocycles. The number of allylic oxidation sites excluding steroid dienone is 2. The van der Waals surface area contributed by atoms with Gasteiger partial charge in [-0.05, 0) is 142 Å². The summed E-state index contributed by atoms with van der Waals surface area (Å²) in [6.45, 7) is 12.3. The van der Waals surface area contributed by atoms with Crippen LogP contribution in [-0.2, 0) is 0 Å². The minimum absolute atomic E-state index is 0.595. The zero-order valence-corrected chi connectivity index (χ0v) is 22.6. The Balaban J connectivity index is 1.40. The van der Waals surface area contributed by atoms with Crippen LogP contribution in [0.25, 0.3) is 0 Å². The van der Waals surface area contributed by atoms with Gasteiger partial charge in [0.25, 0.3) is 0 Å². The van der Waals surface area contributed by atoms with E-state index < -0.39 is 0 Å². The normalized spacial score (nSPS) is 43.9. The van der Waals surface area contributed by atoms with Crippen LogP contribution in [0.1, 0.15) is 112 Å². The van der Waals surface area contributed by atoms with Crippen LogP contribution in [0.2, 0.25) is 0 Å². The Morgan fingerprint density at radius 3 is 2.52 bits per heavy atom. The molecule has 4 aliphatic carbocycles. The topological polar surface area (TPSA) is 12.4 Å². The Morgan fingerprint density at radius 2 is 1.79 bits per heavy atom. The molecule has 1 heteroatoms. The van der Waals surface area contributed by atoms with E-state index in [1.165, 1.54) is 57.8 Å². The Kier molecular flexibility index (Phi) is 7.83. The lowest BCUT2D eigenvalue weighted by atomic mass is 9.44. The van der Waals surface area contributed by atoms with Gasteiger partial charge in [0.15, 0.2) is 0 Å². The summed E-state index contributed by atoms with van der Waals surface area (Å²) in [7, 11) is 1.84. The third-order valence-corrected chi connectivity index (χ3v) is 11.7. The first kappa shape index (κ1) is 25.1. The van der Waals surface area contributed by atoms with Crippen LogP contribution in [0.15, 0.2) is 17.1 Å². The van der Waals surface area contributed by atoms with E-state index in [-0.39, 0.29) is 0 Å². The Hall–Kier alpha value is -1.03. The molecule has 4 rings (SSSR count). The molecule has 0 radical (unpaired) electrons. The van der Waals surface area contributed by atoms with Crippen LogP contribution in [0, 0.1) is 64.1 Å². The quantitative estimate of drug-likeness (QED) is 0.284. The third-order valence-electron chi connectivity index (χ3n) is 11.7. The van der Waals surface area contributed by atoms with Gasteiger partial charge in [-0.15, -0.1) is 0 Å². The Labute approximate surface area is 205 Å². The van der Waals surface area contributed by atoms with E-state index in [0.29, 0.717) is 10.8 Å². The van der Waals surface area contributed by atoms with Gasteiger partial charge in [-0.25, -0.2) is 0 Å². The van der Waals surface area contributed by atoms with Gasteiger partial charge in [0.1, 0.15) is 5.71 Å². The second-order valence-electron chi connectivity index (χ2n) is 12.9. The van der Waals surface area contributed by atoms with Gasteiger partial charge in [0.2, 0.25) is 0 Å². The van der Waals surface area contributed by atoms with Crippen molar-refractivity contribution in [1.82, 2.24) is 0 Å². The SMILES string of the molecule is CC#CC(/C=C\CC[C@@H](C)[C@H]1CC[C@H]2[C@@H]3CC[C@@H]4C[C@@H](CC)CC[C@]4(C)[C@H]3CC[C@]12C)=N/C. The average molecular weight is 450 g/mol. The van der Waals surface area contributed by atoms with Crippen molar-refractivity contribution in [2.45, 2.75) is 112 Å². The molecule has 0 aromatic carbocycles. The molecule has 9 atom stereocenters. The van der Waals surface area contributed by atoms with Crippen LogP contribution < -0.4 is 0 Å². The summed E-state index contributed by atoms with van der Waals surface area (Å²) in [5.41, 5.74) is 2.16. The van der Waals surface area contributed by atoms with E-state index in [1.807, 2.05) is 14.0 Å². The molecule has 0 saturated heterocycles. The molecule has 0 spiro atoms. The van der Waals surface area contributed by atoms with Crippen molar-refractivity contribution < 1.29 is 0 Å². The second kappa shape index (κ2) is 10.3. The molecule has 4 saturated carbocycles. The van der Waals surface area contributed by atoms with Gasteiger partial charge >= 0.3 is 0 Å². The third kappa shape index (κ3) is 4.62. The molecule has 0 N–H and O–H groups in total. The van der Waals surface area contributed by atoms with Crippen molar-refractivity contribution in [3.63, 3.8) is 0 Å². The molecule has 0 amide bonds. The predicted octanol–water partition coefficient (Wildman–Crippen LogP) is 8.74. The molecule has 33 heavy (non-hydrogen) atoms. The molecule has 1 nitrogen and oxygen atoms in total. The molecule has 0 bridgehead atoms. The van der Waals surface area contributed by atoms with Crippen LogP contribution in [0.5, 0.6) is 0 Å². The Bertz CT molecular complexity index is 795. The number of hydrogen-bond acceptors (Lipinski definition) is 1. The van der Waals surface area contributed by atoms with Gasteiger partial charge in [0.05, 0.1) is 0 Å². The summed E-state index contributed by atoms with van der Waals surface area (Å²) in [6.07, 6.45) is 22.0. The summed E-state index contributed by atoms with van der Waals surface area (Å²) in [6, 6.07) is 0. The number of rotatable bonds is 6. The summed E-state index contributed by atoms with van der Waals surface area (Å²) in [5.74, 6) is 12.9. The first-order valence-corrected chi connectivity index (χ1v) is 14.4. The molecule has 0 aromatic heterocycles. The maximum Gasteiger partial charge on any atom is 0.106 e. The van der Waals surface area contributed by atoms with Crippen molar-refractivity contribution in [2.24, 2.45) is 57.2 Å². The minimum Gasteiger partial charge on any atom is -0.280 e. The molecular formula is C32H51N. The molecular weight excluding hydrogens is 398 g/mol. The van der Waals surface area contributed by atoms with E-state index in [1.54, 1.807) is 12.8 Å². The zero-order chi connectivity index (χ0) is 23.6. The molecule has 4 fully saturated rings. The highest BCUT2D eigenvalue weighted by atomic mass is 14.7. The molecule has 184 valence electrons. The molecule has 4 aliphatic rings. The Morgan fingerprint density at radius 1 is 1.03 bits per heavy atom. The minimum atomic E-state index is 0.595. The van der Waals surface area contributed by atoms with E-state index in [0.717, 1.165) is 53.6 Å². The van der Waals surface area contributed by atoms with Gasteiger partial charge in [-0.1, -0.05) is 46.1 Å². The van der Waals surface area contributed by atoms with Crippen molar-refractivity contribution in [1.29, 1.82) is 0 Å². The molecule has 0 unspecified atom stereocenters. The van der Waals surface area contributed by atoms with Gasteiger partial charge in [0, 0.05) is 7.05 Å². The van der Waals surface area contributed by atoms with E-state index >= 15 is 0 Å². The fraction of sp³-hybridized carbons (Fsp3) is 0.844. The van der Waals surface area contributed by atoms with Gasteiger partial charge in [-0.2, -0.15) is 0 Å². The van der Waals surface area contributed by atoms with Crippen LogP contribution in [-0.4, -0.2) is 12.8 Å². The van der Waals surface area contributed by atoms with Crippen molar-refractivity contribution >= 4 is 5.71 Å². The monoisotopic (exact) mass is 449 g/mol. The van der Waals surface area contributed by atoms with E-state index in [4.69, 9.17) is 0 Å². The van der Waals surface area contributed by atoms with E-state index in [9.17, 15) is 0 Å². The summed E-state index contributed by atoms with van der Waals surface area (Å²) in [5, 5.41) is 0. The first-order valence-electron chi connectivity index (χ1n) is 14.4. The maximum absolute atomic E-state index is 4.27. The van der Waals surface area contributed by atoms with Crippen LogP contribution in [0.3, 0.4) is 0 Å². The highest BCUT2D eigenvalue weighted by Crippen LogP contribution is 2.68. The van der Waals surface area contributed by atoms with E-state index in [2.05, 4.69) is 56.7 Å². The average Bonchev–Trinajstić information content (AvgIpc) is 3.17. The van der Waals surface area contributed by atoms with Crippen molar-refractivity contribution in [3.8, 4) is 11.8 Å². The van der Waals surface area contributed by atoms with Gasteiger partial charge in [-0.3, -0.25) is 4.99 Å². The highest BCUT2D eigenvalue weighted by Gasteiger charge is 2.60. The van der Waals surface area contributed by atoms with Crippen molar-refractivity contribution in [2.75, 3.05) is 7.05 Å². The highest BCUT2D eigenvalue weighted by molar-refractivity contribution is 6.08. The standard InChI is InChI=1S/C32H51N/c1-7-11-26(33-6)13-10-9-12-23(3)28-16-17-29-27-15-14-25-22-24(8-2)18-20-31(25,4)30(27)19-21-32(28,29)5/h10,13,23-25,27-30H,8-9,12,14-22H2,1-6H3/b13-10-,33-26-/t23-,24+,25-,27+,28-,29+,30+,31+,32-/m1/s1. The lowest BCUT2D eigenvalue weighted by Crippen LogP contribution is -2.53. The number of fused-ring (bicyclic) bond motifs is 5. The number of aliphatic imine (C=N–C) groups is 1. The second-order valence-corrected chi connectivity index (χ2v) is 12.9. The largest absolute Gasteiger partial charge is 0.280 e. The van der Waals surface area contributed by atoms with Gasteiger partial charge < -0.3 is 0 Å². The maximum atomic E-state index is 4.27. The zero-order valence-electron chi connectivity index (χ0n) is 22.6. The van der Waals surface area contributed by atoms with Crippen LogP contribution in [0.4, 0.5) is 0 Å². The summed E-state index contributed by atoms with van der Waals surface area (Å²) < 4.78 is 0. The van der Waals surface area contributed by atoms with Crippen molar-refractivity contribution in [3.05, 3.63) is 12.2 Å². The number of hydrogen-bond donors (Lipinski definition) is 0. The fourth-order valence-electron chi connectivity index (χ4n) is 9.75. The summed E-state index contributed by atoms with van der Waals surface area (Å²) >= 11 is 0. The smallest absolute Gasteiger partial charge is 0.106 e. The molecule has 0 aliphatic heterocycles. The predicted molar refractivity (Wildman–Crippen MR) is 143 cm³/mol. The lowest BCUT2D eigenvalue weighted by molar-refractivity contribution is -0.121. The first-order chi connectivity index (χ1) is 15.9.